The number of nitrogens with zero attached hydrogens (tertiary/aromatic N) is 2. The monoisotopic (exact) mass is 332 g/mol. The number of hydrogen-bond acceptors (Lipinski definition) is 3. The summed E-state index contributed by atoms with van der Waals surface area (Å²) in [6, 6.07) is 16.7. The number of rotatable bonds is 2. The lowest BCUT2D eigenvalue weighted by atomic mass is 9.74. The second-order valence-electron chi connectivity index (χ2n) is 7.56. The van der Waals surface area contributed by atoms with E-state index in [1.54, 1.807) is 0 Å². The number of fused-ring (bicyclic) bond motifs is 1. The molecular weight excluding hydrogens is 308 g/mol. The average molecular weight is 332 g/mol. The van der Waals surface area contributed by atoms with Crippen molar-refractivity contribution in [3.63, 3.8) is 0 Å². The minimum Gasteiger partial charge on any atom is -0.291 e. The number of hydrogen-bond donors (Lipinski definition) is 0. The molecule has 0 radical (unpaired) electrons. The Kier molecular flexibility index (Phi) is 4.03. The van der Waals surface area contributed by atoms with E-state index in [4.69, 9.17) is 0 Å². The summed E-state index contributed by atoms with van der Waals surface area (Å²) in [5, 5.41) is 8.90. The Labute approximate surface area is 149 Å². The average Bonchev–Trinajstić information content (AvgIpc) is 3.00. The van der Waals surface area contributed by atoms with Crippen LogP contribution in [0.1, 0.15) is 65.6 Å². The van der Waals surface area contributed by atoms with Gasteiger partial charge in [0.15, 0.2) is 11.3 Å². The Hall–Kier alpha value is -2.29. The lowest BCUT2D eigenvalue weighted by molar-refractivity contribution is 0.0870. The fourth-order valence-corrected chi connectivity index (χ4v) is 4.25. The van der Waals surface area contributed by atoms with Crippen molar-refractivity contribution in [2.45, 2.75) is 50.5 Å². The smallest absolute Gasteiger partial charge is 0.193 e. The van der Waals surface area contributed by atoms with E-state index >= 15 is 0 Å². The predicted molar refractivity (Wildman–Crippen MR) is 99.4 cm³/mol. The molecule has 0 fully saturated rings. The predicted octanol–water partition coefficient (Wildman–Crippen LogP) is 5.32. The summed E-state index contributed by atoms with van der Waals surface area (Å²) < 4.78 is 0. The number of aryl methyl sites for hydroxylation is 1. The molecule has 4 rings (SSSR count). The molecule has 1 aliphatic heterocycles. The number of carbonyl (C=O) groups excluding carboxylic acids is 1. The molecule has 0 bridgehead atoms. The molecule has 1 aliphatic carbocycles. The highest BCUT2D eigenvalue weighted by atomic mass is 16.1. The summed E-state index contributed by atoms with van der Waals surface area (Å²) in [6.07, 6.45) is 2.70. The third-order valence-electron chi connectivity index (χ3n) is 5.75. The summed E-state index contributed by atoms with van der Waals surface area (Å²) in [5.74, 6) is 0.708. The number of carbonyl (C=O) groups is 1. The fourth-order valence-electron chi connectivity index (χ4n) is 4.25. The highest BCUT2D eigenvalue weighted by molar-refractivity contribution is 6.05. The Morgan fingerprint density at radius 2 is 1.84 bits per heavy atom. The molecule has 2 atom stereocenters. The Balaban J connectivity index is 1.75. The maximum atomic E-state index is 13.5. The van der Waals surface area contributed by atoms with Crippen LogP contribution in [-0.2, 0) is 6.42 Å². The van der Waals surface area contributed by atoms with Crippen LogP contribution in [-0.4, -0.2) is 17.9 Å². The first-order valence-corrected chi connectivity index (χ1v) is 9.23. The molecule has 2 aromatic carbocycles. The minimum atomic E-state index is -0.716. The van der Waals surface area contributed by atoms with Crippen molar-refractivity contribution in [2.24, 2.45) is 10.2 Å². The molecule has 0 saturated heterocycles. The van der Waals surface area contributed by atoms with E-state index in [0.717, 1.165) is 30.4 Å². The van der Waals surface area contributed by atoms with E-state index in [9.17, 15) is 4.79 Å². The molecule has 3 nitrogen and oxygen atoms in total. The summed E-state index contributed by atoms with van der Waals surface area (Å²) in [7, 11) is 0. The lowest BCUT2D eigenvalue weighted by Gasteiger charge is -2.29. The summed E-state index contributed by atoms with van der Waals surface area (Å²) in [6.45, 7) is 5.00. The van der Waals surface area contributed by atoms with Crippen LogP contribution in [0.3, 0.4) is 0 Å². The van der Waals surface area contributed by atoms with Crippen LogP contribution >= 0.6 is 0 Å². The van der Waals surface area contributed by atoms with Gasteiger partial charge in [-0.25, -0.2) is 0 Å². The maximum absolute atomic E-state index is 13.5. The molecule has 1 heterocycles. The number of azo groups is 1. The van der Waals surface area contributed by atoms with Crippen LogP contribution in [0.25, 0.3) is 0 Å². The second kappa shape index (κ2) is 6.21. The van der Waals surface area contributed by atoms with E-state index < -0.39 is 5.54 Å². The van der Waals surface area contributed by atoms with Crippen molar-refractivity contribution in [3.8, 4) is 0 Å². The van der Waals surface area contributed by atoms with Gasteiger partial charge in [0.25, 0.3) is 0 Å². The zero-order valence-corrected chi connectivity index (χ0v) is 14.9. The number of ketones is 1. The first-order valence-electron chi connectivity index (χ1n) is 9.23. The van der Waals surface area contributed by atoms with Crippen molar-refractivity contribution in [3.05, 3.63) is 70.8 Å². The van der Waals surface area contributed by atoms with Gasteiger partial charge < -0.3 is 0 Å². The van der Waals surface area contributed by atoms with Crippen LogP contribution in [0.4, 0.5) is 0 Å². The van der Waals surface area contributed by atoms with Gasteiger partial charge in [0.05, 0.1) is 6.54 Å². The summed E-state index contributed by atoms with van der Waals surface area (Å²) in [4.78, 5) is 13.5. The van der Waals surface area contributed by atoms with Gasteiger partial charge in [-0.05, 0) is 41.9 Å². The molecule has 0 aromatic heterocycles. The van der Waals surface area contributed by atoms with Gasteiger partial charge in [0.1, 0.15) is 0 Å². The summed E-state index contributed by atoms with van der Waals surface area (Å²) in [5.41, 5.74) is 3.78. The molecule has 1 spiro atoms. The van der Waals surface area contributed by atoms with E-state index in [0.29, 0.717) is 12.5 Å². The van der Waals surface area contributed by atoms with E-state index in [1.807, 2.05) is 18.2 Å². The first-order chi connectivity index (χ1) is 12.1. The van der Waals surface area contributed by atoms with Crippen LogP contribution in [0.2, 0.25) is 0 Å². The van der Waals surface area contributed by atoms with Crippen molar-refractivity contribution < 1.29 is 4.79 Å². The largest absolute Gasteiger partial charge is 0.291 e. The Bertz CT molecular complexity index is 822. The topological polar surface area (TPSA) is 41.8 Å². The van der Waals surface area contributed by atoms with Gasteiger partial charge in [-0.2, -0.15) is 10.2 Å². The maximum Gasteiger partial charge on any atom is 0.193 e. The molecule has 25 heavy (non-hydrogen) atoms. The summed E-state index contributed by atoms with van der Waals surface area (Å²) >= 11 is 0. The normalized spacial score (nSPS) is 25.4. The third-order valence-corrected chi connectivity index (χ3v) is 5.75. The molecule has 2 aromatic rings. The quantitative estimate of drug-likeness (QED) is 0.734. The zero-order chi connectivity index (χ0) is 17.4. The number of Topliss-reactive ketones (excluding diaryl/α,β-unsaturated/α-hetero) is 1. The zero-order valence-electron chi connectivity index (χ0n) is 14.9. The van der Waals surface area contributed by atoms with Gasteiger partial charge >= 0.3 is 0 Å². The molecule has 2 unspecified atom stereocenters. The molecule has 128 valence electrons. The number of benzene rings is 2. The van der Waals surface area contributed by atoms with Crippen molar-refractivity contribution in [1.82, 2.24) is 0 Å². The van der Waals surface area contributed by atoms with Gasteiger partial charge in [-0.3, -0.25) is 4.79 Å². The molecule has 0 saturated carbocycles. The van der Waals surface area contributed by atoms with Crippen LogP contribution in [0, 0.1) is 0 Å². The van der Waals surface area contributed by atoms with Crippen molar-refractivity contribution in [2.75, 3.05) is 6.54 Å². The first kappa shape index (κ1) is 16.2. The van der Waals surface area contributed by atoms with E-state index in [-0.39, 0.29) is 11.7 Å². The highest BCUT2D eigenvalue weighted by Gasteiger charge is 2.50. The third kappa shape index (κ3) is 2.62. The van der Waals surface area contributed by atoms with Gasteiger partial charge in [0, 0.05) is 11.5 Å². The van der Waals surface area contributed by atoms with Crippen LogP contribution in [0.15, 0.2) is 58.8 Å². The minimum absolute atomic E-state index is 0.0485. The molecule has 3 heteroatoms. The van der Waals surface area contributed by atoms with Gasteiger partial charge in [0.2, 0.25) is 0 Å². The van der Waals surface area contributed by atoms with Crippen LogP contribution in [0.5, 0.6) is 0 Å². The van der Waals surface area contributed by atoms with E-state index in [1.165, 1.54) is 11.1 Å². The van der Waals surface area contributed by atoms with Gasteiger partial charge in [-0.1, -0.05) is 62.4 Å². The Morgan fingerprint density at radius 1 is 1.08 bits per heavy atom. The molecule has 0 amide bonds. The molecular formula is C22H24N2O. The Morgan fingerprint density at radius 3 is 2.60 bits per heavy atom. The highest BCUT2D eigenvalue weighted by Crippen LogP contribution is 2.45. The van der Waals surface area contributed by atoms with E-state index in [2.05, 4.69) is 54.4 Å². The van der Waals surface area contributed by atoms with Gasteiger partial charge in [-0.15, -0.1) is 0 Å². The van der Waals surface area contributed by atoms with Crippen molar-refractivity contribution in [1.29, 1.82) is 0 Å². The fraction of sp³-hybridized carbons (Fsp3) is 0.409. The standard InChI is InChI=1S/C22H24N2O/c1-15(2)16-9-11-18(12-10-16)20-14-23-24-22(20)13-5-7-17-6-3-4-8-19(17)21(22)25/h3-4,6,8-12,15,20H,5,7,13-14H2,1-2H3. The second-order valence-corrected chi connectivity index (χ2v) is 7.56. The molecule has 2 aliphatic rings. The lowest BCUT2D eigenvalue weighted by Crippen LogP contribution is -2.40. The SMILES string of the molecule is CC(C)c1ccc(C2CN=NC23CCCc2ccccc2C3=O)cc1. The van der Waals surface area contributed by atoms with Crippen molar-refractivity contribution >= 4 is 5.78 Å². The van der Waals surface area contributed by atoms with Crippen LogP contribution < -0.4 is 0 Å². The molecule has 0 N–H and O–H groups in total.